The van der Waals surface area contributed by atoms with Gasteiger partial charge in [0.05, 0.1) is 19.1 Å². The molecule has 0 aliphatic heterocycles. The highest BCUT2D eigenvalue weighted by molar-refractivity contribution is 5.28. The van der Waals surface area contributed by atoms with E-state index in [-0.39, 0.29) is 25.0 Å². The highest BCUT2D eigenvalue weighted by Gasteiger charge is 2.30. The van der Waals surface area contributed by atoms with Gasteiger partial charge < -0.3 is 4.74 Å². The molecule has 0 bridgehead atoms. The molecule has 0 aliphatic rings. The maximum absolute atomic E-state index is 13.9. The maximum atomic E-state index is 13.9. The van der Waals surface area contributed by atoms with Crippen LogP contribution in [0.5, 0.6) is 5.75 Å². The number of halogens is 2. The van der Waals surface area contributed by atoms with E-state index < -0.39 is 5.92 Å². The Morgan fingerprint density at radius 2 is 1.68 bits per heavy atom. The second-order valence-corrected chi connectivity index (χ2v) is 5.00. The van der Waals surface area contributed by atoms with Crippen molar-refractivity contribution in [2.75, 3.05) is 6.61 Å². The van der Waals surface area contributed by atoms with Gasteiger partial charge in [0.25, 0.3) is 5.92 Å². The summed E-state index contributed by atoms with van der Waals surface area (Å²) in [5, 5.41) is 8.58. The summed E-state index contributed by atoms with van der Waals surface area (Å²) in [5.74, 6) is -2.20. The smallest absolute Gasteiger partial charge is 0.273 e. The molecule has 0 saturated heterocycles. The fraction of sp³-hybridized carbons (Fsp3) is 0.278. The van der Waals surface area contributed by atoms with Crippen molar-refractivity contribution in [2.45, 2.75) is 25.2 Å². The van der Waals surface area contributed by atoms with E-state index in [4.69, 9.17) is 10.00 Å². The third-order valence-corrected chi connectivity index (χ3v) is 3.31. The number of nitrogens with zero attached hydrogens (tertiary/aromatic N) is 1. The predicted molar refractivity (Wildman–Crippen MR) is 80.8 cm³/mol. The van der Waals surface area contributed by atoms with E-state index in [0.29, 0.717) is 12.2 Å². The van der Waals surface area contributed by atoms with E-state index >= 15 is 0 Å². The van der Waals surface area contributed by atoms with Crippen LogP contribution >= 0.6 is 0 Å². The lowest BCUT2D eigenvalue weighted by Gasteiger charge is -2.16. The van der Waals surface area contributed by atoms with Gasteiger partial charge in [-0.05, 0) is 24.1 Å². The normalized spacial score (nSPS) is 11.0. The molecule has 22 heavy (non-hydrogen) atoms. The van der Waals surface area contributed by atoms with Crippen molar-refractivity contribution in [1.29, 1.82) is 5.26 Å². The van der Waals surface area contributed by atoms with Crippen molar-refractivity contribution >= 4 is 0 Å². The van der Waals surface area contributed by atoms with Crippen LogP contribution in [0.25, 0.3) is 0 Å². The summed E-state index contributed by atoms with van der Waals surface area (Å²) in [4.78, 5) is 0. The van der Waals surface area contributed by atoms with Gasteiger partial charge >= 0.3 is 0 Å². The molecule has 114 valence electrons. The molecule has 2 aromatic rings. The fourth-order valence-electron chi connectivity index (χ4n) is 2.11. The van der Waals surface area contributed by atoms with E-state index in [1.165, 1.54) is 12.1 Å². The number of rotatable bonds is 7. The Labute approximate surface area is 129 Å². The summed E-state index contributed by atoms with van der Waals surface area (Å²) in [7, 11) is 0. The number of benzene rings is 2. The quantitative estimate of drug-likeness (QED) is 0.694. The molecule has 2 rings (SSSR count). The van der Waals surface area contributed by atoms with Crippen LogP contribution in [0.15, 0.2) is 54.6 Å². The summed E-state index contributed by atoms with van der Waals surface area (Å²) in [5.41, 5.74) is 0.946. The lowest BCUT2D eigenvalue weighted by atomic mass is 10.0. The van der Waals surface area contributed by atoms with Gasteiger partial charge in [-0.25, -0.2) is 8.78 Å². The van der Waals surface area contributed by atoms with Crippen LogP contribution in [0.4, 0.5) is 8.78 Å². The third-order valence-electron chi connectivity index (χ3n) is 3.31. The molecule has 0 atom stereocenters. The van der Waals surface area contributed by atoms with E-state index in [0.717, 1.165) is 5.56 Å². The zero-order valence-corrected chi connectivity index (χ0v) is 12.1. The minimum absolute atomic E-state index is 0.0378. The van der Waals surface area contributed by atoms with Gasteiger partial charge in [-0.3, -0.25) is 0 Å². The van der Waals surface area contributed by atoms with Gasteiger partial charge in [0.1, 0.15) is 5.75 Å². The maximum Gasteiger partial charge on any atom is 0.273 e. The Morgan fingerprint density at radius 1 is 1.00 bits per heavy atom. The molecule has 4 heteroatoms. The van der Waals surface area contributed by atoms with Crippen molar-refractivity contribution in [2.24, 2.45) is 0 Å². The Kier molecular flexibility index (Phi) is 5.48. The topological polar surface area (TPSA) is 33.0 Å². The van der Waals surface area contributed by atoms with E-state index in [9.17, 15) is 8.78 Å². The molecular weight excluding hydrogens is 284 g/mol. The highest BCUT2D eigenvalue weighted by Crippen LogP contribution is 2.32. The monoisotopic (exact) mass is 301 g/mol. The van der Waals surface area contributed by atoms with Gasteiger partial charge in [-0.1, -0.05) is 42.5 Å². The molecule has 0 spiro atoms. The van der Waals surface area contributed by atoms with Crippen molar-refractivity contribution in [1.82, 2.24) is 0 Å². The first-order valence-corrected chi connectivity index (χ1v) is 7.14. The number of ether oxygens (including phenoxy) is 1. The van der Waals surface area contributed by atoms with E-state index in [2.05, 4.69) is 6.07 Å². The molecule has 0 saturated carbocycles. The van der Waals surface area contributed by atoms with Gasteiger partial charge in [-0.15, -0.1) is 0 Å². The first-order chi connectivity index (χ1) is 10.6. The van der Waals surface area contributed by atoms with Gasteiger partial charge in [0.15, 0.2) is 0 Å². The first kappa shape index (κ1) is 16.0. The average molecular weight is 301 g/mol. The largest absolute Gasteiger partial charge is 0.494 e. The van der Waals surface area contributed by atoms with Gasteiger partial charge in [0, 0.05) is 12.0 Å². The summed E-state index contributed by atoms with van der Waals surface area (Å²) in [6.45, 7) is 0.236. The van der Waals surface area contributed by atoms with Crippen LogP contribution in [0.3, 0.4) is 0 Å². The molecular formula is C18H17F2NO. The van der Waals surface area contributed by atoms with Gasteiger partial charge in [0.2, 0.25) is 0 Å². The first-order valence-electron chi connectivity index (χ1n) is 7.14. The number of nitriles is 1. The number of hydrogen-bond donors (Lipinski definition) is 0. The Balaban J connectivity index is 1.78. The van der Waals surface area contributed by atoms with Crippen LogP contribution in [0, 0.1) is 11.3 Å². The molecule has 2 aromatic carbocycles. The number of hydrogen-bond acceptors (Lipinski definition) is 2. The molecule has 0 heterocycles. The van der Waals surface area contributed by atoms with E-state index in [1.54, 1.807) is 42.5 Å². The van der Waals surface area contributed by atoms with Crippen LogP contribution in [0.2, 0.25) is 0 Å². The summed E-state index contributed by atoms with van der Waals surface area (Å²) in [6.07, 6.45) is 0.370. The molecule has 0 amide bonds. The van der Waals surface area contributed by atoms with Crippen molar-refractivity contribution < 1.29 is 13.5 Å². The highest BCUT2D eigenvalue weighted by atomic mass is 19.3. The molecule has 2 nitrogen and oxygen atoms in total. The Morgan fingerprint density at radius 3 is 2.32 bits per heavy atom. The van der Waals surface area contributed by atoms with E-state index in [1.807, 2.05) is 0 Å². The molecule has 0 unspecified atom stereocenters. The third kappa shape index (κ3) is 4.56. The predicted octanol–water partition coefficient (Wildman–Crippen LogP) is 4.70. The van der Waals surface area contributed by atoms with Gasteiger partial charge in [-0.2, -0.15) is 5.26 Å². The second kappa shape index (κ2) is 7.56. The van der Waals surface area contributed by atoms with Crippen molar-refractivity contribution in [3.63, 3.8) is 0 Å². The minimum Gasteiger partial charge on any atom is -0.494 e. The summed E-state index contributed by atoms with van der Waals surface area (Å²) < 4.78 is 33.3. The molecule has 0 aliphatic carbocycles. The molecule has 0 aromatic heterocycles. The Bertz CT molecular complexity index is 618. The lowest BCUT2D eigenvalue weighted by Crippen LogP contribution is -2.14. The molecule has 0 radical (unpaired) electrons. The average Bonchev–Trinajstić information content (AvgIpc) is 2.54. The Hall–Kier alpha value is -2.41. The minimum atomic E-state index is -2.83. The fourth-order valence-corrected chi connectivity index (χ4v) is 2.11. The van der Waals surface area contributed by atoms with Crippen LogP contribution in [-0.2, 0) is 12.3 Å². The standard InChI is InChI=1S/C18H17F2NO/c19-18(20,16-5-2-1-3-6-16)12-4-14-22-17-9-7-15(8-10-17)11-13-21/h1-3,5-10H,4,11-12,14H2. The van der Waals surface area contributed by atoms with Crippen molar-refractivity contribution in [3.05, 3.63) is 65.7 Å². The SMILES string of the molecule is N#CCc1ccc(OCCCC(F)(F)c2ccccc2)cc1. The number of alkyl halides is 2. The van der Waals surface area contributed by atoms with Crippen molar-refractivity contribution in [3.8, 4) is 11.8 Å². The second-order valence-electron chi connectivity index (χ2n) is 5.00. The zero-order chi connectivity index (χ0) is 15.8. The van der Waals surface area contributed by atoms with Crippen LogP contribution < -0.4 is 4.74 Å². The summed E-state index contributed by atoms with van der Waals surface area (Å²) >= 11 is 0. The molecule has 0 N–H and O–H groups in total. The van der Waals surface area contributed by atoms with Crippen LogP contribution in [-0.4, -0.2) is 6.61 Å². The zero-order valence-electron chi connectivity index (χ0n) is 12.1. The summed E-state index contributed by atoms with van der Waals surface area (Å²) in [6, 6.07) is 17.0. The lowest BCUT2D eigenvalue weighted by molar-refractivity contribution is -0.0180. The molecule has 0 fully saturated rings. The van der Waals surface area contributed by atoms with Crippen LogP contribution in [0.1, 0.15) is 24.0 Å².